The van der Waals surface area contributed by atoms with Crippen molar-refractivity contribution >= 4 is 0 Å². The van der Waals surface area contributed by atoms with Crippen molar-refractivity contribution < 1.29 is 0 Å². The van der Waals surface area contributed by atoms with Gasteiger partial charge in [0.15, 0.2) is 5.82 Å². The molecule has 0 aliphatic carbocycles. The molecule has 64 valence electrons. The highest BCUT2D eigenvalue weighted by Gasteiger charge is 1.98. The maximum atomic E-state index is 4.29. The molecule has 2 rings (SSSR count). The topological polar surface area (TPSA) is 38.7 Å². The maximum Gasteiger partial charge on any atom is 0.160 e. The lowest BCUT2D eigenvalue weighted by Crippen LogP contribution is -1.90. The van der Waals surface area contributed by atoms with E-state index in [1.165, 1.54) is 0 Å². The highest BCUT2D eigenvalue weighted by atomic mass is 14.9. The molecule has 3 nitrogen and oxygen atoms in total. The van der Waals surface area contributed by atoms with Gasteiger partial charge in [-0.1, -0.05) is 0 Å². The number of pyridine rings is 1. The second-order valence-corrected chi connectivity index (χ2v) is 2.76. The molecule has 0 saturated carbocycles. The van der Waals surface area contributed by atoms with Crippen LogP contribution in [0.1, 0.15) is 5.69 Å². The van der Waals surface area contributed by atoms with E-state index in [4.69, 9.17) is 0 Å². The van der Waals surface area contributed by atoms with Gasteiger partial charge in [0.05, 0.1) is 0 Å². The van der Waals surface area contributed by atoms with Gasteiger partial charge in [0.2, 0.25) is 0 Å². The van der Waals surface area contributed by atoms with Gasteiger partial charge >= 0.3 is 0 Å². The molecule has 0 bridgehead atoms. The van der Waals surface area contributed by atoms with Crippen molar-refractivity contribution in [2.75, 3.05) is 0 Å². The molecular weight excluding hydrogens is 162 g/mol. The molecule has 0 unspecified atom stereocenters. The third-order valence-corrected chi connectivity index (χ3v) is 1.71. The van der Waals surface area contributed by atoms with E-state index in [-0.39, 0.29) is 0 Å². The van der Waals surface area contributed by atoms with Crippen LogP contribution < -0.4 is 0 Å². The van der Waals surface area contributed by atoms with E-state index in [9.17, 15) is 0 Å². The zero-order chi connectivity index (χ0) is 9.10. The molecule has 0 aliphatic rings. The average molecular weight is 171 g/mol. The highest BCUT2D eigenvalue weighted by molar-refractivity contribution is 5.52. The Kier molecular flexibility index (Phi) is 2.00. The monoisotopic (exact) mass is 171 g/mol. The Labute approximate surface area is 76.5 Å². The molecular formula is C10H9N3. The summed E-state index contributed by atoms with van der Waals surface area (Å²) in [5.41, 5.74) is 1.92. The first-order valence-corrected chi connectivity index (χ1v) is 4.06. The number of hydrogen-bond acceptors (Lipinski definition) is 3. The summed E-state index contributed by atoms with van der Waals surface area (Å²) in [6.07, 6.45) is 5.25. The smallest absolute Gasteiger partial charge is 0.160 e. The van der Waals surface area contributed by atoms with Crippen LogP contribution in [0.3, 0.4) is 0 Å². The summed E-state index contributed by atoms with van der Waals surface area (Å²) in [6.45, 7) is 1.95. The van der Waals surface area contributed by atoms with E-state index in [0.29, 0.717) is 0 Å². The Hall–Kier alpha value is -1.77. The molecule has 0 aliphatic heterocycles. The number of hydrogen-bond donors (Lipinski definition) is 0. The standard InChI is InChI=1S/C10H9N3/c1-8-4-6-12-10(13-8)9-3-2-5-11-7-9/h2-7H,1H3. The maximum absolute atomic E-state index is 4.29. The Balaban J connectivity index is 2.48. The Morgan fingerprint density at radius 2 is 2.08 bits per heavy atom. The van der Waals surface area contributed by atoms with Gasteiger partial charge in [0, 0.05) is 29.8 Å². The largest absolute Gasteiger partial charge is 0.264 e. The minimum absolute atomic E-state index is 0.730. The molecule has 0 saturated heterocycles. The summed E-state index contributed by atoms with van der Waals surface area (Å²) in [5, 5.41) is 0. The fourth-order valence-electron chi connectivity index (χ4n) is 1.08. The number of aromatic nitrogens is 3. The Bertz CT molecular complexity index is 398. The summed E-state index contributed by atoms with van der Waals surface area (Å²) in [6, 6.07) is 5.70. The van der Waals surface area contributed by atoms with Crippen LogP contribution in [0, 0.1) is 6.92 Å². The van der Waals surface area contributed by atoms with Crippen LogP contribution in [0.2, 0.25) is 0 Å². The van der Waals surface area contributed by atoms with Crippen LogP contribution in [0.25, 0.3) is 11.4 Å². The van der Waals surface area contributed by atoms with E-state index >= 15 is 0 Å². The first kappa shape index (κ1) is 7.86. The van der Waals surface area contributed by atoms with Crippen LogP contribution in [-0.2, 0) is 0 Å². The lowest BCUT2D eigenvalue weighted by atomic mass is 10.2. The molecule has 0 fully saturated rings. The lowest BCUT2D eigenvalue weighted by molar-refractivity contribution is 1.10. The van der Waals surface area contributed by atoms with Gasteiger partial charge in [-0.3, -0.25) is 4.98 Å². The van der Waals surface area contributed by atoms with Gasteiger partial charge in [-0.25, -0.2) is 9.97 Å². The van der Waals surface area contributed by atoms with E-state index in [1.807, 2.05) is 25.1 Å². The minimum atomic E-state index is 0.730. The molecule has 2 heterocycles. The molecule has 0 radical (unpaired) electrons. The summed E-state index contributed by atoms with van der Waals surface area (Å²) in [7, 11) is 0. The van der Waals surface area contributed by atoms with Gasteiger partial charge in [-0.05, 0) is 25.1 Å². The summed E-state index contributed by atoms with van der Waals surface area (Å²) < 4.78 is 0. The normalized spacial score (nSPS) is 9.92. The van der Waals surface area contributed by atoms with Crippen molar-refractivity contribution in [3.8, 4) is 11.4 Å². The SMILES string of the molecule is Cc1ccnc(-c2cccnc2)n1. The second kappa shape index (κ2) is 3.31. The van der Waals surface area contributed by atoms with Crippen molar-refractivity contribution in [1.29, 1.82) is 0 Å². The predicted octanol–water partition coefficient (Wildman–Crippen LogP) is 1.85. The summed E-state index contributed by atoms with van der Waals surface area (Å²) in [4.78, 5) is 12.5. The predicted molar refractivity (Wildman–Crippen MR) is 50.0 cm³/mol. The van der Waals surface area contributed by atoms with Gasteiger partial charge in [-0.15, -0.1) is 0 Å². The molecule has 0 spiro atoms. The third-order valence-electron chi connectivity index (χ3n) is 1.71. The van der Waals surface area contributed by atoms with Gasteiger partial charge < -0.3 is 0 Å². The highest BCUT2D eigenvalue weighted by Crippen LogP contribution is 2.11. The van der Waals surface area contributed by atoms with Crippen molar-refractivity contribution in [3.05, 3.63) is 42.5 Å². The quantitative estimate of drug-likeness (QED) is 0.657. The molecule has 0 amide bonds. The van der Waals surface area contributed by atoms with Gasteiger partial charge in [0.1, 0.15) is 0 Å². The molecule has 2 aromatic heterocycles. The van der Waals surface area contributed by atoms with Crippen LogP contribution in [0.4, 0.5) is 0 Å². The Morgan fingerprint density at radius 3 is 2.77 bits per heavy atom. The number of aryl methyl sites for hydroxylation is 1. The average Bonchev–Trinajstić information content (AvgIpc) is 2.19. The molecule has 2 aromatic rings. The number of nitrogens with zero attached hydrogens (tertiary/aromatic N) is 3. The van der Waals surface area contributed by atoms with Gasteiger partial charge in [-0.2, -0.15) is 0 Å². The molecule has 3 heteroatoms. The fourth-order valence-corrected chi connectivity index (χ4v) is 1.08. The zero-order valence-electron chi connectivity index (χ0n) is 7.31. The summed E-state index contributed by atoms with van der Waals surface area (Å²) >= 11 is 0. The Morgan fingerprint density at radius 1 is 1.15 bits per heavy atom. The van der Waals surface area contributed by atoms with Crippen molar-refractivity contribution in [3.63, 3.8) is 0 Å². The molecule has 0 N–H and O–H groups in total. The van der Waals surface area contributed by atoms with E-state index in [2.05, 4.69) is 15.0 Å². The third kappa shape index (κ3) is 1.69. The van der Waals surface area contributed by atoms with Crippen LogP contribution in [-0.4, -0.2) is 15.0 Å². The van der Waals surface area contributed by atoms with Crippen molar-refractivity contribution in [2.24, 2.45) is 0 Å². The lowest BCUT2D eigenvalue weighted by Gasteiger charge is -1.98. The van der Waals surface area contributed by atoms with Gasteiger partial charge in [0.25, 0.3) is 0 Å². The van der Waals surface area contributed by atoms with Crippen molar-refractivity contribution in [1.82, 2.24) is 15.0 Å². The van der Waals surface area contributed by atoms with Crippen LogP contribution >= 0.6 is 0 Å². The first-order valence-electron chi connectivity index (χ1n) is 4.06. The van der Waals surface area contributed by atoms with Crippen molar-refractivity contribution in [2.45, 2.75) is 6.92 Å². The fraction of sp³-hybridized carbons (Fsp3) is 0.100. The molecule has 0 atom stereocenters. The summed E-state index contributed by atoms with van der Waals surface area (Å²) in [5.74, 6) is 0.730. The first-order chi connectivity index (χ1) is 6.36. The van der Waals surface area contributed by atoms with Crippen LogP contribution in [0.15, 0.2) is 36.8 Å². The number of rotatable bonds is 1. The van der Waals surface area contributed by atoms with E-state index in [1.54, 1.807) is 18.6 Å². The van der Waals surface area contributed by atoms with E-state index < -0.39 is 0 Å². The molecule has 0 aromatic carbocycles. The second-order valence-electron chi connectivity index (χ2n) is 2.76. The van der Waals surface area contributed by atoms with E-state index in [0.717, 1.165) is 17.1 Å². The minimum Gasteiger partial charge on any atom is -0.264 e. The molecule has 13 heavy (non-hydrogen) atoms. The zero-order valence-corrected chi connectivity index (χ0v) is 7.31. The van der Waals surface area contributed by atoms with Crippen LogP contribution in [0.5, 0.6) is 0 Å².